The van der Waals surface area contributed by atoms with Crippen molar-refractivity contribution in [3.8, 4) is 0 Å². The van der Waals surface area contributed by atoms with Gasteiger partial charge >= 0.3 is 0 Å². The monoisotopic (exact) mass is 349 g/mol. The maximum absolute atomic E-state index is 13.8. The number of nitrogens with zero attached hydrogens (tertiary/aromatic N) is 1. The lowest BCUT2D eigenvalue weighted by atomic mass is 10.1. The third kappa shape index (κ3) is 3.97. The molecule has 22 heavy (non-hydrogen) atoms. The van der Waals surface area contributed by atoms with E-state index >= 15 is 0 Å². The molecule has 0 spiro atoms. The normalized spacial score (nSPS) is 22.4. The van der Waals surface area contributed by atoms with Crippen molar-refractivity contribution < 1.29 is 12.8 Å². The predicted octanol–water partition coefficient (Wildman–Crippen LogP) is 1.87. The Labute approximate surface area is 135 Å². The molecule has 1 aromatic rings. The Kier molecular flexibility index (Phi) is 5.79. The van der Waals surface area contributed by atoms with E-state index in [1.165, 1.54) is 25.2 Å². The quantitative estimate of drug-likeness (QED) is 0.823. The molecule has 3 N–H and O–H groups in total. The first kappa shape index (κ1) is 17.6. The highest BCUT2D eigenvalue weighted by Gasteiger charge is 2.31. The Balaban J connectivity index is 2.09. The molecule has 1 fully saturated rings. The van der Waals surface area contributed by atoms with E-state index in [2.05, 4.69) is 4.72 Å². The summed E-state index contributed by atoms with van der Waals surface area (Å²) in [6, 6.07) is 4.12. The number of hydrogen-bond acceptors (Lipinski definition) is 3. The van der Waals surface area contributed by atoms with Crippen LogP contribution in [0.15, 0.2) is 18.2 Å². The minimum Gasteiger partial charge on any atom is -0.330 e. The molecule has 0 amide bonds. The van der Waals surface area contributed by atoms with Gasteiger partial charge in [0.05, 0.1) is 0 Å². The fourth-order valence-corrected chi connectivity index (χ4v) is 4.14. The van der Waals surface area contributed by atoms with Gasteiger partial charge in [-0.15, -0.1) is 0 Å². The van der Waals surface area contributed by atoms with E-state index in [1.807, 2.05) is 0 Å². The van der Waals surface area contributed by atoms with Crippen LogP contribution in [0.1, 0.15) is 24.8 Å². The molecule has 0 heterocycles. The molecule has 2 atom stereocenters. The molecule has 1 aliphatic carbocycles. The molecule has 5 nitrogen and oxygen atoms in total. The van der Waals surface area contributed by atoms with E-state index in [1.54, 1.807) is 0 Å². The van der Waals surface area contributed by atoms with Crippen molar-refractivity contribution in [1.82, 2.24) is 9.03 Å². The third-order valence-corrected chi connectivity index (χ3v) is 6.02. The highest BCUT2D eigenvalue weighted by Crippen LogP contribution is 2.26. The highest BCUT2D eigenvalue weighted by molar-refractivity contribution is 7.87. The first-order valence-corrected chi connectivity index (χ1v) is 9.03. The lowest BCUT2D eigenvalue weighted by Gasteiger charge is -2.24. The minimum absolute atomic E-state index is 0.124. The van der Waals surface area contributed by atoms with Crippen LogP contribution in [0.5, 0.6) is 0 Å². The second kappa shape index (κ2) is 7.23. The van der Waals surface area contributed by atoms with Crippen molar-refractivity contribution in [2.45, 2.75) is 31.8 Å². The number of nitrogens with one attached hydrogen (secondary N) is 1. The summed E-state index contributed by atoms with van der Waals surface area (Å²) in [5.41, 5.74) is 5.83. The van der Waals surface area contributed by atoms with E-state index in [4.69, 9.17) is 17.3 Å². The van der Waals surface area contributed by atoms with Crippen LogP contribution in [0, 0.1) is 11.7 Å². The van der Waals surface area contributed by atoms with Gasteiger partial charge in [0.1, 0.15) is 5.82 Å². The summed E-state index contributed by atoms with van der Waals surface area (Å²) in [5, 5.41) is 0.211. The summed E-state index contributed by atoms with van der Waals surface area (Å²) in [5.74, 6) is -0.365. The van der Waals surface area contributed by atoms with Gasteiger partial charge in [-0.3, -0.25) is 0 Å². The van der Waals surface area contributed by atoms with Gasteiger partial charge < -0.3 is 5.73 Å². The molecule has 0 aliphatic heterocycles. The number of hydrogen-bond donors (Lipinski definition) is 2. The summed E-state index contributed by atoms with van der Waals surface area (Å²) in [7, 11) is -2.32. The molecule has 1 aliphatic rings. The molecule has 0 aromatic heterocycles. The predicted molar refractivity (Wildman–Crippen MR) is 85.1 cm³/mol. The molecule has 124 valence electrons. The Hall–Kier alpha value is -0.730. The molecule has 2 unspecified atom stereocenters. The van der Waals surface area contributed by atoms with E-state index in [9.17, 15) is 12.8 Å². The van der Waals surface area contributed by atoms with Gasteiger partial charge in [0.25, 0.3) is 10.2 Å². The molecule has 1 saturated carbocycles. The van der Waals surface area contributed by atoms with Crippen LogP contribution >= 0.6 is 11.6 Å². The SMILES string of the molecule is CN(Cc1c(F)cccc1Cl)S(=O)(=O)NC1CCCC1CN. The number of halogens is 2. The van der Waals surface area contributed by atoms with Gasteiger partial charge in [0.2, 0.25) is 0 Å². The Morgan fingerprint density at radius 2 is 2.18 bits per heavy atom. The van der Waals surface area contributed by atoms with E-state index in [0.717, 1.165) is 23.6 Å². The largest absolute Gasteiger partial charge is 0.330 e. The molecule has 1 aromatic carbocycles. The average Bonchev–Trinajstić information content (AvgIpc) is 2.89. The molecule has 0 radical (unpaired) electrons. The van der Waals surface area contributed by atoms with Crippen LogP contribution in [-0.2, 0) is 16.8 Å². The van der Waals surface area contributed by atoms with Gasteiger partial charge in [-0.25, -0.2) is 4.39 Å². The Bertz CT molecular complexity index is 606. The first-order chi connectivity index (χ1) is 10.3. The average molecular weight is 350 g/mol. The van der Waals surface area contributed by atoms with Gasteiger partial charge in [-0.05, 0) is 37.4 Å². The van der Waals surface area contributed by atoms with Gasteiger partial charge in [-0.1, -0.05) is 24.1 Å². The van der Waals surface area contributed by atoms with Crippen molar-refractivity contribution in [3.05, 3.63) is 34.6 Å². The van der Waals surface area contributed by atoms with Crippen LogP contribution in [0.3, 0.4) is 0 Å². The fourth-order valence-electron chi connectivity index (χ4n) is 2.75. The molecule has 8 heteroatoms. The van der Waals surface area contributed by atoms with E-state index in [0.29, 0.717) is 6.54 Å². The zero-order chi connectivity index (χ0) is 16.3. The summed E-state index contributed by atoms with van der Waals surface area (Å²) >= 11 is 5.94. The standard InChI is InChI=1S/C14H21ClFN3O2S/c1-19(9-11-12(15)5-3-6-13(11)16)22(20,21)18-14-7-2-4-10(14)8-17/h3,5-6,10,14,18H,2,4,7-9,17H2,1H3. The lowest BCUT2D eigenvalue weighted by molar-refractivity contribution is 0.409. The third-order valence-electron chi connectivity index (χ3n) is 4.11. The molecular formula is C14H21ClFN3O2S. The van der Waals surface area contributed by atoms with Crippen molar-refractivity contribution in [2.75, 3.05) is 13.6 Å². The van der Waals surface area contributed by atoms with Gasteiger partial charge in [-0.2, -0.15) is 17.4 Å². The topological polar surface area (TPSA) is 75.4 Å². The van der Waals surface area contributed by atoms with Crippen molar-refractivity contribution in [3.63, 3.8) is 0 Å². The van der Waals surface area contributed by atoms with Gasteiger partial charge in [0.15, 0.2) is 0 Å². The zero-order valence-electron chi connectivity index (χ0n) is 12.4. The summed E-state index contributed by atoms with van der Waals surface area (Å²) < 4.78 is 42.3. The highest BCUT2D eigenvalue weighted by atomic mass is 35.5. The smallest absolute Gasteiger partial charge is 0.279 e. The lowest BCUT2D eigenvalue weighted by Crippen LogP contribution is -2.46. The molecular weight excluding hydrogens is 329 g/mol. The summed E-state index contributed by atoms with van der Waals surface area (Å²) in [4.78, 5) is 0. The minimum atomic E-state index is -3.72. The maximum Gasteiger partial charge on any atom is 0.279 e. The second-order valence-corrected chi connectivity index (χ2v) is 7.83. The maximum atomic E-state index is 13.8. The van der Waals surface area contributed by atoms with Crippen LogP contribution in [0.25, 0.3) is 0 Å². The van der Waals surface area contributed by atoms with Crippen LogP contribution in [-0.4, -0.2) is 32.4 Å². The van der Waals surface area contributed by atoms with Crippen molar-refractivity contribution in [2.24, 2.45) is 11.7 Å². The van der Waals surface area contributed by atoms with Crippen LogP contribution < -0.4 is 10.5 Å². The van der Waals surface area contributed by atoms with E-state index < -0.39 is 16.0 Å². The Morgan fingerprint density at radius 1 is 1.45 bits per heavy atom. The first-order valence-electron chi connectivity index (χ1n) is 7.21. The number of nitrogens with two attached hydrogens (primary N) is 1. The number of rotatable bonds is 6. The molecule has 0 bridgehead atoms. The van der Waals surface area contributed by atoms with Crippen molar-refractivity contribution in [1.29, 1.82) is 0 Å². The Morgan fingerprint density at radius 3 is 2.82 bits per heavy atom. The molecule has 0 saturated heterocycles. The summed E-state index contributed by atoms with van der Waals surface area (Å²) in [6.45, 7) is 0.330. The molecule has 2 rings (SSSR count). The van der Waals surface area contributed by atoms with Crippen LogP contribution in [0.4, 0.5) is 4.39 Å². The van der Waals surface area contributed by atoms with Crippen LogP contribution in [0.2, 0.25) is 5.02 Å². The number of benzene rings is 1. The zero-order valence-corrected chi connectivity index (χ0v) is 14.0. The van der Waals surface area contributed by atoms with Crippen molar-refractivity contribution >= 4 is 21.8 Å². The van der Waals surface area contributed by atoms with Gasteiger partial charge in [0, 0.05) is 30.2 Å². The second-order valence-electron chi connectivity index (χ2n) is 5.61. The fraction of sp³-hybridized carbons (Fsp3) is 0.571. The summed E-state index contributed by atoms with van der Waals surface area (Å²) in [6.07, 6.45) is 2.65. The van der Waals surface area contributed by atoms with E-state index in [-0.39, 0.29) is 29.1 Å².